The first-order chi connectivity index (χ1) is 15.7. The number of hydrogen-bond donors (Lipinski definition) is 2. The van der Waals surface area contributed by atoms with Gasteiger partial charge in [-0.3, -0.25) is 4.68 Å². The molecule has 0 atom stereocenters. The number of nitrogens with one attached hydrogen (secondary N) is 2. The predicted octanol–water partition coefficient (Wildman–Crippen LogP) is 4.13. The van der Waals surface area contributed by atoms with Crippen molar-refractivity contribution in [3.05, 3.63) is 40.3 Å². The molecule has 2 aromatic heterocycles. The van der Waals surface area contributed by atoms with Gasteiger partial charge in [0.15, 0.2) is 10.4 Å². The molecule has 0 amide bonds. The SMILES string of the molecule is CCCCNc1ncnc2c(Br)nn(Cc3ccc(CNC4CCOCC4)cc3OC)c12. The molecule has 0 radical (unpaired) electrons. The molecule has 1 saturated heterocycles. The first kappa shape index (κ1) is 22.9. The number of hydrogen-bond acceptors (Lipinski definition) is 7. The number of fused-ring (bicyclic) bond motifs is 1. The van der Waals surface area contributed by atoms with E-state index < -0.39 is 0 Å². The number of anilines is 1. The molecule has 9 heteroatoms. The van der Waals surface area contributed by atoms with Crippen molar-refractivity contribution in [2.45, 2.75) is 51.7 Å². The van der Waals surface area contributed by atoms with Gasteiger partial charge in [-0.2, -0.15) is 5.10 Å². The molecule has 1 fully saturated rings. The molecule has 0 spiro atoms. The fourth-order valence-electron chi connectivity index (χ4n) is 3.96. The van der Waals surface area contributed by atoms with E-state index in [0.29, 0.717) is 17.2 Å². The maximum absolute atomic E-state index is 5.73. The summed E-state index contributed by atoms with van der Waals surface area (Å²) in [5.41, 5.74) is 3.95. The van der Waals surface area contributed by atoms with Gasteiger partial charge in [0.05, 0.1) is 13.7 Å². The molecule has 1 aromatic carbocycles. The van der Waals surface area contributed by atoms with Crippen LogP contribution >= 0.6 is 15.9 Å². The van der Waals surface area contributed by atoms with Gasteiger partial charge >= 0.3 is 0 Å². The number of aromatic nitrogens is 4. The summed E-state index contributed by atoms with van der Waals surface area (Å²) in [7, 11) is 1.71. The summed E-state index contributed by atoms with van der Waals surface area (Å²) >= 11 is 3.55. The second kappa shape index (κ2) is 11.1. The summed E-state index contributed by atoms with van der Waals surface area (Å²) in [5.74, 6) is 1.66. The lowest BCUT2D eigenvalue weighted by atomic mass is 10.1. The van der Waals surface area contributed by atoms with Crippen LogP contribution in [0.5, 0.6) is 5.75 Å². The smallest absolute Gasteiger partial charge is 0.155 e. The normalized spacial score (nSPS) is 14.7. The standard InChI is InChI=1S/C23H31BrN6O2/c1-3-4-9-25-23-21-20(27-15-28-23)22(24)29-30(21)14-17-6-5-16(12-19(17)31-2)13-26-18-7-10-32-11-8-18/h5-6,12,15,18,26H,3-4,7-11,13-14H2,1-2H3,(H,25,27,28). The highest BCUT2D eigenvalue weighted by Gasteiger charge is 2.17. The van der Waals surface area contributed by atoms with Gasteiger partial charge in [0, 0.05) is 37.9 Å². The van der Waals surface area contributed by atoms with Gasteiger partial charge in [-0.05, 0) is 46.8 Å². The van der Waals surface area contributed by atoms with Crippen LogP contribution in [-0.4, -0.2) is 52.7 Å². The number of halogens is 1. The monoisotopic (exact) mass is 502 g/mol. The fourth-order valence-corrected chi connectivity index (χ4v) is 4.44. The summed E-state index contributed by atoms with van der Waals surface area (Å²) in [6.45, 7) is 6.10. The number of methoxy groups -OCH3 is 1. The summed E-state index contributed by atoms with van der Waals surface area (Å²) in [6, 6.07) is 6.90. The topological polar surface area (TPSA) is 86.1 Å². The van der Waals surface area contributed by atoms with Crippen LogP contribution in [0.1, 0.15) is 43.7 Å². The lowest BCUT2D eigenvalue weighted by molar-refractivity contribution is 0.0776. The highest BCUT2D eigenvalue weighted by atomic mass is 79.9. The third-order valence-corrected chi connectivity index (χ3v) is 6.33. The molecule has 0 bridgehead atoms. The number of unbranched alkanes of at least 4 members (excludes halogenated alkanes) is 1. The minimum absolute atomic E-state index is 0.515. The van der Waals surface area contributed by atoms with Crippen LogP contribution < -0.4 is 15.4 Å². The van der Waals surface area contributed by atoms with Crippen molar-refractivity contribution in [1.29, 1.82) is 0 Å². The van der Waals surface area contributed by atoms with Gasteiger partial charge in [0.25, 0.3) is 0 Å². The van der Waals surface area contributed by atoms with Crippen LogP contribution in [0.4, 0.5) is 5.82 Å². The molecule has 0 aliphatic carbocycles. The van der Waals surface area contributed by atoms with Crippen molar-refractivity contribution in [3.8, 4) is 5.75 Å². The van der Waals surface area contributed by atoms with E-state index in [9.17, 15) is 0 Å². The quantitative estimate of drug-likeness (QED) is 0.403. The average molecular weight is 503 g/mol. The lowest BCUT2D eigenvalue weighted by Crippen LogP contribution is -2.34. The van der Waals surface area contributed by atoms with E-state index >= 15 is 0 Å². The van der Waals surface area contributed by atoms with Crippen LogP contribution in [-0.2, 0) is 17.8 Å². The van der Waals surface area contributed by atoms with Crippen LogP contribution in [0.2, 0.25) is 0 Å². The zero-order chi connectivity index (χ0) is 22.3. The second-order valence-corrected chi connectivity index (χ2v) is 8.81. The average Bonchev–Trinajstić information content (AvgIpc) is 3.15. The molecule has 8 nitrogen and oxygen atoms in total. The van der Waals surface area contributed by atoms with Crippen molar-refractivity contribution >= 4 is 32.8 Å². The Hall–Kier alpha value is -2.23. The van der Waals surface area contributed by atoms with Crippen molar-refractivity contribution in [2.24, 2.45) is 0 Å². The Morgan fingerprint density at radius 2 is 2.09 bits per heavy atom. The van der Waals surface area contributed by atoms with Crippen molar-refractivity contribution in [1.82, 2.24) is 25.1 Å². The molecular formula is C23H31BrN6O2. The molecule has 3 heterocycles. The van der Waals surface area contributed by atoms with Gasteiger partial charge in [-0.25, -0.2) is 9.97 Å². The van der Waals surface area contributed by atoms with Gasteiger partial charge in [-0.15, -0.1) is 0 Å². The van der Waals surface area contributed by atoms with E-state index in [1.807, 2.05) is 4.68 Å². The van der Waals surface area contributed by atoms with E-state index in [0.717, 1.165) is 80.2 Å². The Bertz CT molecular complexity index is 1030. The molecular weight excluding hydrogens is 472 g/mol. The highest BCUT2D eigenvalue weighted by Crippen LogP contribution is 2.29. The number of nitrogens with zero attached hydrogens (tertiary/aromatic N) is 4. The largest absolute Gasteiger partial charge is 0.496 e. The maximum atomic E-state index is 5.73. The van der Waals surface area contributed by atoms with Crippen LogP contribution in [0.3, 0.4) is 0 Å². The van der Waals surface area contributed by atoms with Crippen LogP contribution in [0, 0.1) is 0 Å². The lowest BCUT2D eigenvalue weighted by Gasteiger charge is -2.23. The molecule has 172 valence electrons. The van der Waals surface area contributed by atoms with E-state index in [2.05, 4.69) is 66.8 Å². The summed E-state index contributed by atoms with van der Waals surface area (Å²) in [4.78, 5) is 8.90. The summed E-state index contributed by atoms with van der Waals surface area (Å²) < 4.78 is 13.8. The zero-order valence-corrected chi connectivity index (χ0v) is 20.3. The third kappa shape index (κ3) is 5.39. The number of rotatable bonds is 10. The number of ether oxygens (including phenoxy) is 2. The molecule has 3 aromatic rings. The summed E-state index contributed by atoms with van der Waals surface area (Å²) in [6.07, 6.45) is 5.91. The van der Waals surface area contributed by atoms with Crippen molar-refractivity contribution < 1.29 is 9.47 Å². The first-order valence-electron chi connectivity index (χ1n) is 11.3. The molecule has 0 saturated carbocycles. The maximum Gasteiger partial charge on any atom is 0.155 e. The van der Waals surface area contributed by atoms with E-state index in [1.54, 1.807) is 13.4 Å². The molecule has 1 aliphatic rings. The number of benzene rings is 1. The highest BCUT2D eigenvalue weighted by molar-refractivity contribution is 9.10. The fraction of sp³-hybridized carbons (Fsp3) is 0.522. The zero-order valence-electron chi connectivity index (χ0n) is 18.7. The van der Waals surface area contributed by atoms with Gasteiger partial charge in [0.2, 0.25) is 0 Å². The molecule has 1 aliphatic heterocycles. The third-order valence-electron chi connectivity index (χ3n) is 5.79. The minimum atomic E-state index is 0.515. The Kier molecular flexibility index (Phi) is 7.94. The predicted molar refractivity (Wildman–Crippen MR) is 129 cm³/mol. The first-order valence-corrected chi connectivity index (χ1v) is 12.1. The van der Waals surface area contributed by atoms with Crippen LogP contribution in [0.25, 0.3) is 11.0 Å². The van der Waals surface area contributed by atoms with Crippen molar-refractivity contribution in [2.75, 3.05) is 32.2 Å². The second-order valence-electron chi connectivity index (χ2n) is 8.06. The van der Waals surface area contributed by atoms with E-state index in [4.69, 9.17) is 9.47 Å². The Balaban J connectivity index is 1.54. The van der Waals surface area contributed by atoms with Crippen LogP contribution in [0.15, 0.2) is 29.1 Å². The van der Waals surface area contributed by atoms with E-state index in [1.165, 1.54) is 5.56 Å². The molecule has 4 rings (SSSR count). The Labute approximate surface area is 197 Å². The summed E-state index contributed by atoms with van der Waals surface area (Å²) in [5, 5.41) is 11.7. The van der Waals surface area contributed by atoms with Gasteiger partial charge < -0.3 is 20.1 Å². The molecule has 0 unspecified atom stereocenters. The van der Waals surface area contributed by atoms with Gasteiger partial charge in [0.1, 0.15) is 23.1 Å². The Morgan fingerprint density at radius 3 is 2.88 bits per heavy atom. The molecule has 32 heavy (non-hydrogen) atoms. The molecule has 2 N–H and O–H groups in total. The van der Waals surface area contributed by atoms with E-state index in [-0.39, 0.29) is 0 Å². The van der Waals surface area contributed by atoms with Crippen molar-refractivity contribution in [3.63, 3.8) is 0 Å². The Morgan fingerprint density at radius 1 is 1.25 bits per heavy atom. The minimum Gasteiger partial charge on any atom is -0.496 e. The van der Waals surface area contributed by atoms with Gasteiger partial charge in [-0.1, -0.05) is 25.5 Å².